The molecule has 0 aliphatic carbocycles. The zero-order valence-corrected chi connectivity index (χ0v) is 11.5. The van der Waals surface area contributed by atoms with Crippen LogP contribution in [0.5, 0.6) is 0 Å². The summed E-state index contributed by atoms with van der Waals surface area (Å²) < 4.78 is 5.26. The van der Waals surface area contributed by atoms with E-state index in [4.69, 9.17) is 16.3 Å². The molecule has 1 aliphatic heterocycles. The Kier molecular flexibility index (Phi) is 5.19. The van der Waals surface area contributed by atoms with Crippen LogP contribution in [-0.2, 0) is 16.0 Å². The number of carbonyl (C=O) groups is 1. The number of aliphatic hydroxyl groups excluding tert-OH is 1. The van der Waals surface area contributed by atoms with Crippen molar-refractivity contribution in [2.45, 2.75) is 18.9 Å². The molecule has 1 unspecified atom stereocenters. The maximum atomic E-state index is 12.1. The average Bonchev–Trinajstić information content (AvgIpc) is 2.46. The van der Waals surface area contributed by atoms with Crippen molar-refractivity contribution < 1.29 is 14.6 Å². The van der Waals surface area contributed by atoms with Gasteiger partial charge in [0.05, 0.1) is 25.9 Å². The summed E-state index contributed by atoms with van der Waals surface area (Å²) in [5.74, 6) is 0.0669. The van der Waals surface area contributed by atoms with Gasteiger partial charge in [0.1, 0.15) is 0 Å². The van der Waals surface area contributed by atoms with Gasteiger partial charge >= 0.3 is 0 Å². The van der Waals surface area contributed by atoms with Crippen molar-refractivity contribution >= 4 is 17.5 Å². The maximum absolute atomic E-state index is 12.1. The molecule has 1 heterocycles. The van der Waals surface area contributed by atoms with Crippen LogP contribution in [-0.4, -0.2) is 48.3 Å². The van der Waals surface area contributed by atoms with Gasteiger partial charge in [-0.3, -0.25) is 4.79 Å². The number of rotatable bonds is 4. The number of aliphatic hydroxyl groups is 1. The summed E-state index contributed by atoms with van der Waals surface area (Å²) in [5, 5.41) is 9.94. The molecule has 0 spiro atoms. The van der Waals surface area contributed by atoms with Crippen molar-refractivity contribution in [3.63, 3.8) is 0 Å². The molecule has 1 atom stereocenters. The van der Waals surface area contributed by atoms with Gasteiger partial charge in [0, 0.05) is 18.0 Å². The highest BCUT2D eigenvalue weighted by atomic mass is 35.5. The van der Waals surface area contributed by atoms with E-state index in [1.54, 1.807) is 4.90 Å². The molecule has 19 heavy (non-hydrogen) atoms. The van der Waals surface area contributed by atoms with E-state index in [1.165, 1.54) is 0 Å². The van der Waals surface area contributed by atoms with Crippen LogP contribution < -0.4 is 0 Å². The molecule has 1 aromatic rings. The number of nitrogens with zero attached hydrogens (tertiary/aromatic N) is 1. The number of ether oxygens (including phenoxy) is 1. The fourth-order valence-corrected chi connectivity index (χ4v) is 2.31. The molecule has 0 radical (unpaired) electrons. The Morgan fingerprint density at radius 3 is 2.84 bits per heavy atom. The minimum atomic E-state index is -0.202. The van der Waals surface area contributed by atoms with Crippen LogP contribution in [0.15, 0.2) is 24.3 Å². The van der Waals surface area contributed by atoms with Gasteiger partial charge in [0.15, 0.2) is 0 Å². The minimum absolute atomic E-state index is 0.0489. The van der Waals surface area contributed by atoms with Crippen molar-refractivity contribution in [2.24, 2.45) is 0 Å². The summed E-state index contributed by atoms with van der Waals surface area (Å²) in [6.07, 6.45) is 1.13. The third kappa shape index (κ3) is 3.93. The normalized spacial score (nSPS) is 19.5. The van der Waals surface area contributed by atoms with Crippen molar-refractivity contribution in [1.29, 1.82) is 0 Å². The second-order valence-corrected chi connectivity index (χ2v) is 5.06. The van der Waals surface area contributed by atoms with E-state index < -0.39 is 0 Å². The molecule has 2 rings (SSSR count). The molecular formula is C14H18ClNO3. The third-order valence-electron chi connectivity index (χ3n) is 3.30. The Labute approximate surface area is 117 Å². The Bertz CT molecular complexity index is 421. The molecule has 5 heteroatoms. The molecule has 1 aromatic carbocycles. The second-order valence-electron chi connectivity index (χ2n) is 4.62. The first-order chi connectivity index (χ1) is 9.20. The van der Waals surface area contributed by atoms with Crippen molar-refractivity contribution in [3.05, 3.63) is 34.9 Å². The van der Waals surface area contributed by atoms with Gasteiger partial charge < -0.3 is 14.7 Å². The monoisotopic (exact) mass is 283 g/mol. The topological polar surface area (TPSA) is 49.8 Å². The Morgan fingerprint density at radius 2 is 2.16 bits per heavy atom. The van der Waals surface area contributed by atoms with Crippen molar-refractivity contribution in [3.8, 4) is 0 Å². The second kappa shape index (κ2) is 6.89. The van der Waals surface area contributed by atoms with Crippen LogP contribution in [0.2, 0.25) is 5.02 Å². The lowest BCUT2D eigenvalue weighted by Crippen LogP contribution is -2.50. The number of carbonyl (C=O) groups excluding carboxylic acids is 1. The first-order valence-corrected chi connectivity index (χ1v) is 6.81. The molecule has 0 aromatic heterocycles. The highest BCUT2D eigenvalue weighted by Gasteiger charge is 2.26. The molecule has 1 saturated heterocycles. The highest BCUT2D eigenvalue weighted by Crippen LogP contribution is 2.13. The SMILES string of the molecule is O=C(CCc1ccc(Cl)cc1)N1CCOCC1CO. The number of amides is 1. The fraction of sp³-hybridized carbons (Fsp3) is 0.500. The summed E-state index contributed by atoms with van der Waals surface area (Å²) in [6, 6.07) is 7.31. The lowest BCUT2D eigenvalue weighted by atomic mass is 10.1. The maximum Gasteiger partial charge on any atom is 0.223 e. The van der Waals surface area contributed by atoms with Gasteiger partial charge in [0.25, 0.3) is 0 Å². The molecule has 0 saturated carbocycles. The van der Waals surface area contributed by atoms with Gasteiger partial charge in [-0.15, -0.1) is 0 Å². The van der Waals surface area contributed by atoms with Crippen LogP contribution >= 0.6 is 11.6 Å². The standard InChI is InChI=1S/C14H18ClNO3/c15-12-4-1-11(2-5-12)3-6-14(18)16-7-8-19-10-13(16)9-17/h1-2,4-5,13,17H,3,6-10H2. The van der Waals surface area contributed by atoms with Gasteiger partial charge in [-0.05, 0) is 24.1 Å². The van der Waals surface area contributed by atoms with E-state index in [0.29, 0.717) is 37.6 Å². The van der Waals surface area contributed by atoms with Crippen molar-refractivity contribution in [1.82, 2.24) is 4.90 Å². The summed E-state index contributed by atoms with van der Waals surface area (Å²) in [5.41, 5.74) is 1.09. The zero-order chi connectivity index (χ0) is 13.7. The number of morpholine rings is 1. The Hall–Kier alpha value is -1.10. The minimum Gasteiger partial charge on any atom is -0.394 e. The van der Waals surface area contributed by atoms with Gasteiger partial charge in [0.2, 0.25) is 5.91 Å². The molecule has 1 fully saturated rings. The number of hydrogen-bond donors (Lipinski definition) is 1. The molecule has 1 aliphatic rings. The number of benzene rings is 1. The van der Waals surface area contributed by atoms with Gasteiger partial charge in [-0.2, -0.15) is 0 Å². The van der Waals surface area contributed by atoms with Crippen LogP contribution in [0.3, 0.4) is 0 Å². The van der Waals surface area contributed by atoms with E-state index >= 15 is 0 Å². The molecule has 104 valence electrons. The predicted molar refractivity (Wildman–Crippen MR) is 73.2 cm³/mol. The Morgan fingerprint density at radius 1 is 1.42 bits per heavy atom. The molecule has 1 N–H and O–H groups in total. The van der Waals surface area contributed by atoms with E-state index in [1.807, 2.05) is 24.3 Å². The Balaban J connectivity index is 1.87. The van der Waals surface area contributed by atoms with Crippen LogP contribution in [0.25, 0.3) is 0 Å². The first-order valence-electron chi connectivity index (χ1n) is 6.43. The van der Waals surface area contributed by atoms with Gasteiger partial charge in [-0.25, -0.2) is 0 Å². The number of aryl methyl sites for hydroxylation is 1. The van der Waals surface area contributed by atoms with Crippen LogP contribution in [0.4, 0.5) is 0 Å². The van der Waals surface area contributed by atoms with E-state index in [-0.39, 0.29) is 18.6 Å². The average molecular weight is 284 g/mol. The fourth-order valence-electron chi connectivity index (χ4n) is 2.18. The molecule has 1 amide bonds. The number of halogens is 1. The summed E-state index contributed by atoms with van der Waals surface area (Å²) in [7, 11) is 0. The quantitative estimate of drug-likeness (QED) is 0.911. The van der Waals surface area contributed by atoms with E-state index in [2.05, 4.69) is 0 Å². The van der Waals surface area contributed by atoms with Crippen LogP contribution in [0, 0.1) is 0 Å². The van der Waals surface area contributed by atoms with Crippen LogP contribution in [0.1, 0.15) is 12.0 Å². The van der Waals surface area contributed by atoms with Gasteiger partial charge in [-0.1, -0.05) is 23.7 Å². The van der Waals surface area contributed by atoms with Crippen molar-refractivity contribution in [2.75, 3.05) is 26.4 Å². The summed E-state index contributed by atoms with van der Waals surface area (Å²) in [4.78, 5) is 13.9. The largest absolute Gasteiger partial charge is 0.394 e. The lowest BCUT2D eigenvalue weighted by molar-refractivity contribution is -0.141. The lowest BCUT2D eigenvalue weighted by Gasteiger charge is -2.34. The highest BCUT2D eigenvalue weighted by molar-refractivity contribution is 6.30. The smallest absolute Gasteiger partial charge is 0.223 e. The number of hydrogen-bond acceptors (Lipinski definition) is 3. The molecule has 0 bridgehead atoms. The summed E-state index contributed by atoms with van der Waals surface area (Å²) in [6.45, 7) is 1.48. The third-order valence-corrected chi connectivity index (χ3v) is 3.55. The summed E-state index contributed by atoms with van der Waals surface area (Å²) >= 11 is 5.82. The molecular weight excluding hydrogens is 266 g/mol. The first kappa shape index (κ1) is 14.3. The van der Waals surface area contributed by atoms with E-state index in [9.17, 15) is 9.90 Å². The predicted octanol–water partition coefficient (Wildman–Crippen LogP) is 1.49. The molecule has 4 nitrogen and oxygen atoms in total. The zero-order valence-electron chi connectivity index (χ0n) is 10.7. The van der Waals surface area contributed by atoms with E-state index in [0.717, 1.165) is 5.56 Å².